The third-order valence-electron chi connectivity index (χ3n) is 6.25. The van der Waals surface area contributed by atoms with Gasteiger partial charge < -0.3 is 24.4 Å². The fourth-order valence-corrected chi connectivity index (χ4v) is 4.41. The number of anilines is 1. The van der Waals surface area contributed by atoms with Crippen LogP contribution in [-0.4, -0.2) is 45.3 Å². The number of carbonyl (C=O) groups is 1. The van der Waals surface area contributed by atoms with Crippen molar-refractivity contribution >= 4 is 22.5 Å². The average Bonchev–Trinajstić information content (AvgIpc) is 2.90. The van der Waals surface area contributed by atoms with Crippen molar-refractivity contribution in [2.45, 2.75) is 19.4 Å². The lowest BCUT2D eigenvalue weighted by Gasteiger charge is -2.34. The summed E-state index contributed by atoms with van der Waals surface area (Å²) in [6.07, 6.45) is 2.99. The number of nitriles is 1. The first-order valence-corrected chi connectivity index (χ1v) is 11.2. The van der Waals surface area contributed by atoms with Crippen molar-refractivity contribution in [1.29, 1.82) is 5.26 Å². The van der Waals surface area contributed by atoms with Crippen molar-refractivity contribution in [1.82, 2.24) is 10.3 Å². The fraction of sp³-hybridized carbons (Fsp3) is 0.346. The molecule has 8 nitrogen and oxygen atoms in total. The fourth-order valence-electron chi connectivity index (χ4n) is 4.41. The van der Waals surface area contributed by atoms with Crippen LogP contribution in [0.15, 0.2) is 42.6 Å². The minimum atomic E-state index is -0.0740. The van der Waals surface area contributed by atoms with E-state index in [1.165, 1.54) is 0 Å². The average molecular weight is 461 g/mol. The Kier molecular flexibility index (Phi) is 7.02. The van der Waals surface area contributed by atoms with E-state index in [0.29, 0.717) is 49.5 Å². The lowest BCUT2D eigenvalue weighted by atomic mass is 9.94. The van der Waals surface area contributed by atoms with Crippen molar-refractivity contribution in [3.05, 3.63) is 53.7 Å². The largest absolute Gasteiger partial charge is 0.497 e. The van der Waals surface area contributed by atoms with Gasteiger partial charge in [0.25, 0.3) is 0 Å². The Hall–Kier alpha value is -3.99. The molecule has 1 amide bonds. The number of nitrogens with zero attached hydrogens (tertiary/aromatic N) is 3. The van der Waals surface area contributed by atoms with Gasteiger partial charge in [0.05, 0.1) is 38.1 Å². The highest BCUT2D eigenvalue weighted by atomic mass is 16.5. The highest BCUT2D eigenvalue weighted by Crippen LogP contribution is 2.38. The van der Waals surface area contributed by atoms with Gasteiger partial charge in [-0.15, -0.1) is 0 Å². The molecule has 1 saturated heterocycles. The van der Waals surface area contributed by atoms with E-state index < -0.39 is 0 Å². The molecule has 0 aliphatic carbocycles. The van der Waals surface area contributed by atoms with Gasteiger partial charge in [-0.05, 0) is 36.6 Å². The Morgan fingerprint density at radius 3 is 2.53 bits per heavy atom. The van der Waals surface area contributed by atoms with Gasteiger partial charge in [0.15, 0.2) is 11.5 Å². The third-order valence-corrected chi connectivity index (χ3v) is 6.25. The van der Waals surface area contributed by atoms with Crippen molar-refractivity contribution in [2.75, 3.05) is 39.3 Å². The minimum Gasteiger partial charge on any atom is -0.497 e. The van der Waals surface area contributed by atoms with Crippen LogP contribution >= 0.6 is 0 Å². The van der Waals surface area contributed by atoms with Gasteiger partial charge >= 0.3 is 0 Å². The summed E-state index contributed by atoms with van der Waals surface area (Å²) in [5, 5.41) is 13.6. The predicted octanol–water partition coefficient (Wildman–Crippen LogP) is 3.67. The van der Waals surface area contributed by atoms with Crippen LogP contribution < -0.4 is 24.4 Å². The maximum atomic E-state index is 12.8. The molecule has 1 N–H and O–H groups in total. The Morgan fingerprint density at radius 2 is 1.85 bits per heavy atom. The van der Waals surface area contributed by atoms with Gasteiger partial charge in [0.2, 0.25) is 5.91 Å². The van der Waals surface area contributed by atoms with Crippen molar-refractivity contribution < 1.29 is 19.0 Å². The summed E-state index contributed by atoms with van der Waals surface area (Å²) in [5.74, 6) is 1.92. The number of amides is 1. The third kappa shape index (κ3) is 4.69. The molecule has 2 heterocycles. The number of ether oxygens (including phenoxy) is 3. The molecule has 0 unspecified atom stereocenters. The molecule has 34 heavy (non-hydrogen) atoms. The van der Waals surface area contributed by atoms with Crippen LogP contribution in [0.2, 0.25) is 0 Å². The van der Waals surface area contributed by atoms with Crippen LogP contribution in [0.4, 0.5) is 5.69 Å². The monoisotopic (exact) mass is 460 g/mol. The second kappa shape index (κ2) is 10.3. The van der Waals surface area contributed by atoms with Crippen LogP contribution in [-0.2, 0) is 11.3 Å². The number of piperidine rings is 1. The Bertz CT molecular complexity index is 1230. The first-order chi connectivity index (χ1) is 16.6. The molecule has 4 rings (SSSR count). The highest BCUT2D eigenvalue weighted by molar-refractivity contribution is 5.96. The van der Waals surface area contributed by atoms with E-state index in [4.69, 9.17) is 14.2 Å². The molecule has 1 fully saturated rings. The zero-order chi connectivity index (χ0) is 24.1. The number of carbonyl (C=O) groups excluding carboxylic acids is 1. The molecule has 1 aliphatic rings. The molecule has 3 aromatic rings. The van der Waals surface area contributed by atoms with Gasteiger partial charge in [-0.25, -0.2) is 0 Å². The number of pyridine rings is 1. The van der Waals surface area contributed by atoms with Gasteiger partial charge in [-0.2, -0.15) is 5.26 Å². The van der Waals surface area contributed by atoms with E-state index in [1.54, 1.807) is 27.5 Å². The van der Waals surface area contributed by atoms with E-state index in [-0.39, 0.29) is 11.8 Å². The maximum Gasteiger partial charge on any atom is 0.223 e. The van der Waals surface area contributed by atoms with Crippen LogP contribution in [0.25, 0.3) is 10.9 Å². The van der Waals surface area contributed by atoms with Gasteiger partial charge in [-0.1, -0.05) is 12.1 Å². The first kappa shape index (κ1) is 23.2. The highest BCUT2D eigenvalue weighted by Gasteiger charge is 2.27. The lowest BCUT2D eigenvalue weighted by Crippen LogP contribution is -2.40. The molecule has 0 spiro atoms. The van der Waals surface area contributed by atoms with Crippen molar-refractivity contribution in [3.63, 3.8) is 0 Å². The molecule has 8 heteroatoms. The van der Waals surface area contributed by atoms with E-state index in [9.17, 15) is 10.1 Å². The Balaban J connectivity index is 1.48. The summed E-state index contributed by atoms with van der Waals surface area (Å²) in [6, 6.07) is 13.6. The molecule has 0 atom stereocenters. The van der Waals surface area contributed by atoms with Gasteiger partial charge in [0, 0.05) is 43.2 Å². The van der Waals surface area contributed by atoms with Gasteiger partial charge in [-0.3, -0.25) is 9.78 Å². The first-order valence-electron chi connectivity index (χ1n) is 11.2. The number of hydrogen-bond donors (Lipinski definition) is 1. The number of fused-ring (bicyclic) bond motifs is 1. The van der Waals surface area contributed by atoms with E-state index in [2.05, 4.69) is 21.3 Å². The number of benzene rings is 2. The molecule has 1 aliphatic heterocycles. The standard InChI is InChI=1S/C26H28N4O4/c1-32-20-6-4-5-17(11-20)15-29-26(31)18-7-9-30(10-8-18)25-19(14-27)16-28-22-13-24(34-3)23(33-2)12-21(22)25/h4-6,11-13,16,18H,7-10,15H2,1-3H3,(H,29,31). The summed E-state index contributed by atoms with van der Waals surface area (Å²) in [7, 11) is 4.79. The molecule has 0 saturated carbocycles. The zero-order valence-corrected chi connectivity index (χ0v) is 19.6. The second-order valence-corrected chi connectivity index (χ2v) is 8.19. The molecule has 176 valence electrons. The smallest absolute Gasteiger partial charge is 0.223 e. The van der Waals surface area contributed by atoms with Gasteiger partial charge in [0.1, 0.15) is 11.8 Å². The normalized spacial score (nSPS) is 13.9. The van der Waals surface area contributed by atoms with Crippen LogP contribution in [0.3, 0.4) is 0 Å². The van der Waals surface area contributed by atoms with Crippen LogP contribution in [0, 0.1) is 17.2 Å². The molecule has 2 aromatic carbocycles. The molecular weight excluding hydrogens is 432 g/mol. The number of aromatic nitrogens is 1. The molecule has 0 bridgehead atoms. The molecular formula is C26H28N4O4. The van der Waals surface area contributed by atoms with Crippen molar-refractivity contribution in [2.24, 2.45) is 5.92 Å². The number of hydrogen-bond acceptors (Lipinski definition) is 7. The van der Waals surface area contributed by atoms with Crippen LogP contribution in [0.1, 0.15) is 24.0 Å². The quantitative estimate of drug-likeness (QED) is 0.575. The predicted molar refractivity (Wildman–Crippen MR) is 129 cm³/mol. The summed E-state index contributed by atoms with van der Waals surface area (Å²) in [4.78, 5) is 19.4. The number of methoxy groups -OCH3 is 3. The SMILES string of the molecule is COc1cccc(CNC(=O)C2CCN(c3c(C#N)cnc4cc(OC)c(OC)cc34)CC2)c1. The van der Waals surface area contributed by atoms with E-state index in [1.807, 2.05) is 36.4 Å². The second-order valence-electron chi connectivity index (χ2n) is 8.19. The zero-order valence-electron chi connectivity index (χ0n) is 19.6. The minimum absolute atomic E-state index is 0.0500. The number of nitrogens with one attached hydrogen (secondary N) is 1. The van der Waals surface area contributed by atoms with Crippen LogP contribution in [0.5, 0.6) is 17.2 Å². The topological polar surface area (TPSA) is 96.7 Å². The van der Waals surface area contributed by atoms with Crippen molar-refractivity contribution in [3.8, 4) is 23.3 Å². The Morgan fingerprint density at radius 1 is 1.12 bits per heavy atom. The maximum absolute atomic E-state index is 12.8. The summed E-state index contributed by atoms with van der Waals surface area (Å²) in [5.41, 5.74) is 3.05. The Labute approximate surface area is 199 Å². The van der Waals surface area contributed by atoms with E-state index >= 15 is 0 Å². The summed E-state index contributed by atoms with van der Waals surface area (Å²) < 4.78 is 16.1. The van der Waals surface area contributed by atoms with E-state index in [0.717, 1.165) is 27.9 Å². The lowest BCUT2D eigenvalue weighted by molar-refractivity contribution is -0.125. The molecule has 1 aromatic heterocycles. The summed E-state index contributed by atoms with van der Waals surface area (Å²) in [6.45, 7) is 1.80. The summed E-state index contributed by atoms with van der Waals surface area (Å²) >= 11 is 0. The number of rotatable bonds is 7. The molecule has 0 radical (unpaired) electrons.